The van der Waals surface area contributed by atoms with Crippen LogP contribution in [0.15, 0.2) is 53.0 Å². The van der Waals surface area contributed by atoms with Crippen LogP contribution in [0, 0.1) is 0 Å². The van der Waals surface area contributed by atoms with Crippen LogP contribution in [0.3, 0.4) is 0 Å². The van der Waals surface area contributed by atoms with Gasteiger partial charge in [-0.3, -0.25) is 14.5 Å². The van der Waals surface area contributed by atoms with Gasteiger partial charge in [-0.2, -0.15) is 0 Å². The summed E-state index contributed by atoms with van der Waals surface area (Å²) in [6.07, 6.45) is 0.349. The number of imide groups is 1. The maximum absolute atomic E-state index is 13.0. The number of anilines is 1. The maximum atomic E-state index is 13.0. The number of benzene rings is 2. The molecule has 0 spiro atoms. The molecule has 1 atom stereocenters. The maximum Gasteiger partial charge on any atom is 0.325 e. The van der Waals surface area contributed by atoms with E-state index in [0.717, 1.165) is 4.90 Å². The first-order valence-corrected chi connectivity index (χ1v) is 9.49. The molecule has 2 N–H and O–H groups in total. The number of halogens is 2. The summed E-state index contributed by atoms with van der Waals surface area (Å²) < 4.78 is 0.708. The van der Waals surface area contributed by atoms with E-state index >= 15 is 0 Å². The van der Waals surface area contributed by atoms with Crippen LogP contribution >= 0.6 is 27.5 Å². The lowest BCUT2D eigenvalue weighted by atomic mass is 9.87. The third-order valence-electron chi connectivity index (χ3n) is 4.49. The molecule has 1 unspecified atom stereocenters. The Hall–Kier alpha value is -2.38. The Balaban J connectivity index is 1.80. The SMILES string of the molecule is CCC1(c2ccc(Cl)cc2)NC(=O)N(CC(=O)Nc2ccccc2Br)C1=O. The number of carbonyl (C=O) groups excluding carboxylic acids is 3. The largest absolute Gasteiger partial charge is 0.325 e. The average Bonchev–Trinajstić information content (AvgIpc) is 2.89. The van der Waals surface area contributed by atoms with E-state index in [1.54, 1.807) is 49.4 Å². The van der Waals surface area contributed by atoms with E-state index in [4.69, 9.17) is 11.6 Å². The zero-order valence-electron chi connectivity index (χ0n) is 14.5. The molecular weight excluding hydrogens is 434 g/mol. The van der Waals surface area contributed by atoms with E-state index in [9.17, 15) is 14.4 Å². The summed E-state index contributed by atoms with van der Waals surface area (Å²) in [5.41, 5.74) is -0.00887. The second-order valence-corrected chi connectivity index (χ2v) is 7.41. The molecule has 6 nitrogen and oxygen atoms in total. The molecule has 1 aliphatic heterocycles. The summed E-state index contributed by atoms with van der Waals surface area (Å²) in [5, 5.41) is 5.97. The van der Waals surface area contributed by atoms with E-state index in [2.05, 4.69) is 26.6 Å². The molecule has 4 amide bonds. The molecule has 0 saturated carbocycles. The normalized spacial score (nSPS) is 19.1. The molecule has 27 heavy (non-hydrogen) atoms. The predicted molar refractivity (Wildman–Crippen MR) is 106 cm³/mol. The minimum atomic E-state index is -1.20. The van der Waals surface area contributed by atoms with Gasteiger partial charge in [-0.15, -0.1) is 0 Å². The first-order chi connectivity index (χ1) is 12.9. The highest BCUT2D eigenvalue weighted by molar-refractivity contribution is 9.10. The molecule has 2 aromatic rings. The zero-order valence-corrected chi connectivity index (χ0v) is 16.8. The van der Waals surface area contributed by atoms with Crippen molar-refractivity contribution in [2.24, 2.45) is 0 Å². The molecule has 1 heterocycles. The number of nitrogens with zero attached hydrogens (tertiary/aromatic N) is 1. The topological polar surface area (TPSA) is 78.5 Å². The molecule has 0 bridgehead atoms. The van der Waals surface area contributed by atoms with E-state index in [1.165, 1.54) is 0 Å². The molecule has 0 radical (unpaired) electrons. The van der Waals surface area contributed by atoms with Crippen LogP contribution in [0.5, 0.6) is 0 Å². The van der Waals surface area contributed by atoms with Gasteiger partial charge in [-0.1, -0.05) is 42.8 Å². The first kappa shape index (κ1) is 19.4. The van der Waals surface area contributed by atoms with E-state index in [-0.39, 0.29) is 6.54 Å². The smallest absolute Gasteiger partial charge is 0.324 e. The van der Waals surface area contributed by atoms with E-state index in [0.29, 0.717) is 27.2 Å². The molecule has 0 aromatic heterocycles. The summed E-state index contributed by atoms with van der Waals surface area (Å²) in [5.74, 6) is -0.923. The van der Waals surface area contributed by atoms with Gasteiger partial charge in [-0.05, 0) is 52.2 Å². The number of rotatable bonds is 5. The zero-order chi connectivity index (χ0) is 19.6. The Bertz CT molecular complexity index is 903. The molecule has 1 aliphatic rings. The van der Waals surface area contributed by atoms with Crippen LogP contribution < -0.4 is 10.6 Å². The lowest BCUT2D eigenvalue weighted by molar-refractivity contribution is -0.134. The van der Waals surface area contributed by atoms with Gasteiger partial charge in [0.25, 0.3) is 5.91 Å². The van der Waals surface area contributed by atoms with Crippen LogP contribution in [0.4, 0.5) is 10.5 Å². The van der Waals surface area contributed by atoms with Crippen molar-refractivity contribution in [1.29, 1.82) is 0 Å². The number of urea groups is 1. The minimum absolute atomic E-state index is 0.349. The van der Waals surface area contributed by atoms with Gasteiger partial charge in [0.1, 0.15) is 12.1 Å². The van der Waals surface area contributed by atoms with Crippen LogP contribution in [0.25, 0.3) is 0 Å². The van der Waals surface area contributed by atoms with Crippen LogP contribution in [-0.2, 0) is 15.1 Å². The van der Waals surface area contributed by atoms with Crippen molar-refractivity contribution in [2.75, 3.05) is 11.9 Å². The number of para-hydroxylation sites is 1. The van der Waals surface area contributed by atoms with Crippen molar-refractivity contribution < 1.29 is 14.4 Å². The Labute approximate surface area is 170 Å². The fraction of sp³-hybridized carbons (Fsp3) is 0.211. The highest BCUT2D eigenvalue weighted by Crippen LogP contribution is 2.33. The van der Waals surface area contributed by atoms with Gasteiger partial charge in [-0.25, -0.2) is 4.79 Å². The van der Waals surface area contributed by atoms with Crippen molar-refractivity contribution in [3.63, 3.8) is 0 Å². The van der Waals surface area contributed by atoms with Crippen molar-refractivity contribution in [1.82, 2.24) is 10.2 Å². The van der Waals surface area contributed by atoms with Crippen LogP contribution in [-0.4, -0.2) is 29.3 Å². The molecule has 1 saturated heterocycles. The Morgan fingerprint density at radius 2 is 1.85 bits per heavy atom. The van der Waals surface area contributed by atoms with E-state index in [1.807, 2.05) is 6.07 Å². The van der Waals surface area contributed by atoms with Gasteiger partial charge >= 0.3 is 6.03 Å². The number of amides is 4. The number of hydrogen-bond acceptors (Lipinski definition) is 3. The molecule has 8 heteroatoms. The monoisotopic (exact) mass is 449 g/mol. The first-order valence-electron chi connectivity index (χ1n) is 8.32. The average molecular weight is 451 g/mol. The quantitative estimate of drug-likeness (QED) is 0.678. The number of nitrogens with one attached hydrogen (secondary N) is 2. The minimum Gasteiger partial charge on any atom is -0.324 e. The van der Waals surface area contributed by atoms with E-state index < -0.39 is 23.4 Å². The van der Waals surface area contributed by atoms with Gasteiger partial charge in [0.05, 0.1) is 5.69 Å². The third-order valence-corrected chi connectivity index (χ3v) is 5.44. The standard InChI is InChI=1S/C19H17BrClN3O3/c1-2-19(12-7-9-13(21)10-8-12)17(26)24(18(27)23-19)11-16(25)22-15-6-4-3-5-14(15)20/h3-10H,2,11H2,1H3,(H,22,25)(H,23,27). The highest BCUT2D eigenvalue weighted by Gasteiger charge is 2.51. The summed E-state index contributed by atoms with van der Waals surface area (Å²) >= 11 is 9.26. The second kappa shape index (κ2) is 7.70. The lowest BCUT2D eigenvalue weighted by Gasteiger charge is -2.25. The van der Waals surface area contributed by atoms with Crippen molar-refractivity contribution in [3.8, 4) is 0 Å². The van der Waals surface area contributed by atoms with Gasteiger partial charge in [0, 0.05) is 9.50 Å². The van der Waals surface area contributed by atoms with Crippen molar-refractivity contribution in [2.45, 2.75) is 18.9 Å². The summed E-state index contributed by atoms with van der Waals surface area (Å²) in [6.45, 7) is 1.43. The van der Waals surface area contributed by atoms with Crippen LogP contribution in [0.1, 0.15) is 18.9 Å². The Morgan fingerprint density at radius 3 is 2.48 bits per heavy atom. The number of carbonyl (C=O) groups is 3. The van der Waals surface area contributed by atoms with Gasteiger partial charge in [0.2, 0.25) is 5.91 Å². The fourth-order valence-electron chi connectivity index (χ4n) is 3.04. The van der Waals surface area contributed by atoms with Crippen molar-refractivity contribution >= 4 is 51.1 Å². The Kier molecular flexibility index (Phi) is 5.53. The molecule has 0 aliphatic carbocycles. The summed E-state index contributed by atoms with van der Waals surface area (Å²) in [4.78, 5) is 38.8. The van der Waals surface area contributed by atoms with Gasteiger partial charge in [0.15, 0.2) is 0 Å². The summed E-state index contributed by atoms with van der Waals surface area (Å²) in [7, 11) is 0. The molecule has 3 rings (SSSR count). The number of hydrogen-bond donors (Lipinski definition) is 2. The van der Waals surface area contributed by atoms with Gasteiger partial charge < -0.3 is 10.6 Å². The fourth-order valence-corrected chi connectivity index (χ4v) is 3.55. The third kappa shape index (κ3) is 3.70. The Morgan fingerprint density at radius 1 is 1.19 bits per heavy atom. The highest BCUT2D eigenvalue weighted by atomic mass is 79.9. The molecule has 2 aromatic carbocycles. The van der Waals surface area contributed by atoms with Crippen molar-refractivity contribution in [3.05, 3.63) is 63.6 Å². The second-order valence-electron chi connectivity index (χ2n) is 6.12. The molecule has 140 valence electrons. The lowest BCUT2D eigenvalue weighted by Crippen LogP contribution is -2.44. The molecule has 1 fully saturated rings. The van der Waals surface area contributed by atoms with Crippen LogP contribution in [0.2, 0.25) is 5.02 Å². The summed E-state index contributed by atoms with van der Waals surface area (Å²) in [6, 6.07) is 13.2. The predicted octanol–water partition coefficient (Wildman–Crippen LogP) is 3.90. The molecular formula is C19H17BrClN3O3.